The van der Waals surface area contributed by atoms with Crippen LogP contribution in [0.3, 0.4) is 0 Å². The third-order valence-corrected chi connectivity index (χ3v) is 6.21. The maximum absolute atomic E-state index is 12.7. The maximum Gasteiger partial charge on any atom is 0.224 e. The lowest BCUT2D eigenvalue weighted by Crippen LogP contribution is -2.45. The molecule has 0 atom stereocenters. The van der Waals surface area contributed by atoms with E-state index in [2.05, 4.69) is 56.0 Å². The summed E-state index contributed by atoms with van der Waals surface area (Å²) in [7, 11) is 0. The highest BCUT2D eigenvalue weighted by Gasteiger charge is 2.33. The van der Waals surface area contributed by atoms with E-state index >= 15 is 0 Å². The number of amides is 1. The number of fused-ring (bicyclic) bond motifs is 1. The van der Waals surface area contributed by atoms with Crippen LogP contribution in [0.2, 0.25) is 0 Å². The Bertz CT molecular complexity index is 884. The lowest BCUT2D eigenvalue weighted by atomic mass is 9.89. The molecule has 1 aliphatic carbocycles. The van der Waals surface area contributed by atoms with E-state index in [0.717, 1.165) is 42.6 Å². The lowest BCUT2D eigenvalue weighted by molar-refractivity contribution is -0.117. The fourth-order valence-electron chi connectivity index (χ4n) is 4.37. The van der Waals surface area contributed by atoms with Gasteiger partial charge in [0.05, 0.1) is 5.54 Å². The topological polar surface area (TPSA) is 32.8 Å². The normalized spacial score (nSPS) is 17.2. The predicted octanol–water partition coefficient (Wildman–Crippen LogP) is 4.89. The number of ether oxygens (including phenoxy) is 1. The van der Waals surface area contributed by atoms with Crippen molar-refractivity contribution in [3.63, 3.8) is 0 Å². The first-order valence-electron chi connectivity index (χ1n) is 10.7. The van der Waals surface area contributed by atoms with Crippen LogP contribution >= 0.6 is 0 Å². The van der Waals surface area contributed by atoms with Gasteiger partial charge in [-0.15, -0.1) is 0 Å². The summed E-state index contributed by atoms with van der Waals surface area (Å²) in [4.78, 5) is 17.1. The van der Waals surface area contributed by atoms with Crippen molar-refractivity contribution in [2.24, 2.45) is 5.92 Å². The predicted molar refractivity (Wildman–Crippen MR) is 117 cm³/mol. The standard InChI is InChI=1S/C25H32N2O2/c1-18-5-10-23(11-6-18)27(19(2)28)25(3,4)22-9-12-24-21(15-22)17-26(13-14-29-24)16-20-7-8-20/h5-6,9-12,15,20H,7-8,13-14,16-17H2,1-4H3. The third-order valence-electron chi connectivity index (χ3n) is 6.21. The van der Waals surface area contributed by atoms with Crippen LogP contribution in [0, 0.1) is 12.8 Å². The molecule has 1 fully saturated rings. The van der Waals surface area contributed by atoms with E-state index in [0.29, 0.717) is 0 Å². The molecule has 1 saturated carbocycles. The fourth-order valence-corrected chi connectivity index (χ4v) is 4.37. The van der Waals surface area contributed by atoms with Crippen LogP contribution in [0.4, 0.5) is 5.69 Å². The number of hydrogen-bond acceptors (Lipinski definition) is 3. The van der Waals surface area contributed by atoms with Crippen molar-refractivity contribution in [3.05, 3.63) is 59.2 Å². The molecule has 2 aromatic rings. The number of rotatable bonds is 5. The minimum atomic E-state index is -0.469. The Morgan fingerprint density at radius 1 is 1.17 bits per heavy atom. The quantitative estimate of drug-likeness (QED) is 0.726. The van der Waals surface area contributed by atoms with Crippen LogP contribution in [0.1, 0.15) is 50.3 Å². The number of carbonyl (C=O) groups is 1. The van der Waals surface area contributed by atoms with Gasteiger partial charge in [0.1, 0.15) is 12.4 Å². The number of hydrogen-bond donors (Lipinski definition) is 0. The molecule has 0 bridgehead atoms. The van der Waals surface area contributed by atoms with E-state index in [1.165, 1.54) is 30.5 Å². The molecular weight excluding hydrogens is 360 g/mol. The Balaban J connectivity index is 1.65. The fraction of sp³-hybridized carbons (Fsp3) is 0.480. The zero-order valence-electron chi connectivity index (χ0n) is 18.1. The Hall–Kier alpha value is -2.33. The van der Waals surface area contributed by atoms with Gasteiger partial charge in [-0.25, -0.2) is 0 Å². The number of carbonyl (C=O) groups excluding carboxylic acids is 1. The highest BCUT2D eigenvalue weighted by molar-refractivity contribution is 5.93. The van der Waals surface area contributed by atoms with E-state index in [4.69, 9.17) is 4.74 Å². The molecule has 0 saturated heterocycles. The van der Waals surface area contributed by atoms with Crippen molar-refractivity contribution < 1.29 is 9.53 Å². The van der Waals surface area contributed by atoms with Crippen molar-refractivity contribution in [2.75, 3.05) is 24.6 Å². The summed E-state index contributed by atoms with van der Waals surface area (Å²) in [6, 6.07) is 14.6. The number of nitrogens with zero attached hydrogens (tertiary/aromatic N) is 2. The van der Waals surface area contributed by atoms with Gasteiger partial charge < -0.3 is 9.64 Å². The summed E-state index contributed by atoms with van der Waals surface area (Å²) >= 11 is 0. The third kappa shape index (κ3) is 4.32. The second kappa shape index (κ2) is 7.83. The van der Waals surface area contributed by atoms with Crippen molar-refractivity contribution >= 4 is 11.6 Å². The highest BCUT2D eigenvalue weighted by atomic mass is 16.5. The molecule has 1 amide bonds. The number of aryl methyl sites for hydroxylation is 1. The molecule has 154 valence electrons. The second-order valence-corrected chi connectivity index (χ2v) is 9.10. The van der Waals surface area contributed by atoms with Gasteiger partial charge >= 0.3 is 0 Å². The van der Waals surface area contributed by atoms with Crippen molar-refractivity contribution in [3.8, 4) is 5.75 Å². The largest absolute Gasteiger partial charge is 0.492 e. The minimum Gasteiger partial charge on any atom is -0.492 e. The lowest BCUT2D eigenvalue weighted by Gasteiger charge is -2.39. The molecule has 1 aliphatic heterocycles. The van der Waals surface area contributed by atoms with Gasteiger partial charge in [0, 0.05) is 37.8 Å². The van der Waals surface area contributed by atoms with E-state index in [1.807, 2.05) is 17.0 Å². The van der Waals surface area contributed by atoms with Gasteiger partial charge in [0.2, 0.25) is 5.91 Å². The molecule has 0 radical (unpaired) electrons. The molecule has 0 aromatic heterocycles. The summed E-state index contributed by atoms with van der Waals surface area (Å²) < 4.78 is 6.03. The molecule has 0 spiro atoms. The van der Waals surface area contributed by atoms with Gasteiger partial charge in [-0.05, 0) is 69.4 Å². The first-order chi connectivity index (χ1) is 13.8. The van der Waals surface area contributed by atoms with E-state index in [-0.39, 0.29) is 5.91 Å². The average molecular weight is 393 g/mol. The summed E-state index contributed by atoms with van der Waals surface area (Å²) in [5.41, 5.74) is 4.00. The summed E-state index contributed by atoms with van der Waals surface area (Å²) in [6.07, 6.45) is 2.73. The zero-order chi connectivity index (χ0) is 20.6. The Kier molecular flexibility index (Phi) is 5.39. The van der Waals surface area contributed by atoms with Crippen LogP contribution in [-0.2, 0) is 16.9 Å². The smallest absolute Gasteiger partial charge is 0.224 e. The zero-order valence-corrected chi connectivity index (χ0v) is 18.1. The van der Waals surface area contributed by atoms with Gasteiger partial charge in [0.25, 0.3) is 0 Å². The molecule has 0 N–H and O–H groups in total. The van der Waals surface area contributed by atoms with Crippen LogP contribution in [-0.4, -0.2) is 30.5 Å². The first kappa shape index (κ1) is 20.0. The van der Waals surface area contributed by atoms with Gasteiger partial charge in [0.15, 0.2) is 0 Å². The Labute approximate surface area is 174 Å². The van der Waals surface area contributed by atoms with Gasteiger partial charge in [-0.3, -0.25) is 9.69 Å². The molecular formula is C25H32N2O2. The monoisotopic (exact) mass is 392 g/mol. The molecule has 2 aliphatic rings. The molecule has 1 heterocycles. The SMILES string of the molecule is CC(=O)N(c1ccc(C)cc1)C(C)(C)c1ccc2c(c1)CN(CC1CC1)CCO2. The summed E-state index contributed by atoms with van der Waals surface area (Å²) in [5, 5.41) is 0. The van der Waals surface area contributed by atoms with E-state index in [9.17, 15) is 4.79 Å². The molecule has 2 aromatic carbocycles. The number of anilines is 1. The van der Waals surface area contributed by atoms with Gasteiger partial charge in [-0.2, -0.15) is 0 Å². The molecule has 4 heteroatoms. The molecule has 0 unspecified atom stereocenters. The minimum absolute atomic E-state index is 0.0420. The van der Waals surface area contributed by atoms with Crippen LogP contribution in [0.5, 0.6) is 5.75 Å². The Morgan fingerprint density at radius 2 is 1.90 bits per heavy atom. The highest BCUT2D eigenvalue weighted by Crippen LogP contribution is 2.37. The summed E-state index contributed by atoms with van der Waals surface area (Å²) in [6.45, 7) is 11.8. The van der Waals surface area contributed by atoms with E-state index in [1.54, 1.807) is 6.92 Å². The second-order valence-electron chi connectivity index (χ2n) is 9.10. The molecule has 29 heavy (non-hydrogen) atoms. The average Bonchev–Trinajstić information content (AvgIpc) is 3.49. The van der Waals surface area contributed by atoms with Crippen LogP contribution < -0.4 is 9.64 Å². The Morgan fingerprint density at radius 3 is 2.55 bits per heavy atom. The van der Waals surface area contributed by atoms with Crippen LogP contribution in [0.15, 0.2) is 42.5 Å². The van der Waals surface area contributed by atoms with Crippen molar-refractivity contribution in [2.45, 2.75) is 52.6 Å². The molecule has 4 nitrogen and oxygen atoms in total. The molecule has 4 rings (SSSR count). The first-order valence-corrected chi connectivity index (χ1v) is 10.7. The van der Waals surface area contributed by atoms with Crippen LogP contribution in [0.25, 0.3) is 0 Å². The maximum atomic E-state index is 12.7. The summed E-state index contributed by atoms with van der Waals surface area (Å²) in [5.74, 6) is 1.89. The van der Waals surface area contributed by atoms with E-state index < -0.39 is 5.54 Å². The number of benzene rings is 2. The van der Waals surface area contributed by atoms with Crippen molar-refractivity contribution in [1.29, 1.82) is 0 Å². The van der Waals surface area contributed by atoms with Crippen molar-refractivity contribution in [1.82, 2.24) is 4.90 Å². The van der Waals surface area contributed by atoms with Gasteiger partial charge in [-0.1, -0.05) is 23.8 Å².